The third kappa shape index (κ3) is 12.2. The van der Waals surface area contributed by atoms with E-state index in [1.807, 2.05) is 12.1 Å². The fraction of sp³-hybridized carbons (Fsp3) is 0.655. The molecular weight excluding hydrogens is 424 g/mol. The molecule has 5 nitrogen and oxygen atoms in total. The van der Waals surface area contributed by atoms with E-state index in [0.29, 0.717) is 12.3 Å². The van der Waals surface area contributed by atoms with Gasteiger partial charge in [-0.1, -0.05) is 103 Å². The van der Waals surface area contributed by atoms with Gasteiger partial charge in [0.15, 0.2) is 5.69 Å². The zero-order valence-corrected chi connectivity index (χ0v) is 21.6. The summed E-state index contributed by atoms with van der Waals surface area (Å²) in [6.07, 6.45) is 20.1. The number of hydrogen-bond acceptors (Lipinski definition) is 4. The monoisotopic (exact) mass is 470 g/mol. The molecule has 2 aromatic rings. The van der Waals surface area contributed by atoms with E-state index in [0.717, 1.165) is 37.1 Å². The van der Waals surface area contributed by atoms with E-state index in [1.165, 1.54) is 82.6 Å². The van der Waals surface area contributed by atoms with E-state index < -0.39 is 0 Å². The Labute approximate surface area is 207 Å². The molecule has 1 N–H and O–H groups in total. The summed E-state index contributed by atoms with van der Waals surface area (Å²) in [4.78, 5) is 12.2. The van der Waals surface area contributed by atoms with Crippen molar-refractivity contribution in [1.82, 2.24) is 10.2 Å². The number of rotatable bonds is 20. The van der Waals surface area contributed by atoms with E-state index >= 15 is 0 Å². The predicted molar refractivity (Wildman–Crippen MR) is 140 cm³/mol. The third-order valence-electron chi connectivity index (χ3n) is 6.41. The van der Waals surface area contributed by atoms with Gasteiger partial charge in [-0.15, -0.1) is 0 Å². The molecule has 190 valence electrons. The van der Waals surface area contributed by atoms with Crippen LogP contribution < -0.4 is 4.74 Å². The average molecular weight is 471 g/mol. The molecule has 2 rings (SSSR count). The number of benzene rings is 1. The van der Waals surface area contributed by atoms with Crippen LogP contribution in [0, 0.1) is 0 Å². The zero-order valence-electron chi connectivity index (χ0n) is 21.6. The fourth-order valence-electron chi connectivity index (χ4n) is 4.20. The predicted octanol–water partition coefficient (Wildman–Crippen LogP) is 7.84. The molecule has 1 aromatic carbocycles. The van der Waals surface area contributed by atoms with Gasteiger partial charge in [0.25, 0.3) is 0 Å². The number of unbranched alkanes of at least 4 members (excludes halogenated alkanes) is 13. The van der Waals surface area contributed by atoms with Crippen molar-refractivity contribution in [2.75, 3.05) is 13.7 Å². The molecule has 0 saturated carbocycles. The second-order valence-corrected chi connectivity index (χ2v) is 9.36. The Bertz CT molecular complexity index is 770. The fourth-order valence-corrected chi connectivity index (χ4v) is 4.20. The van der Waals surface area contributed by atoms with Gasteiger partial charge in [0, 0.05) is 5.69 Å². The van der Waals surface area contributed by atoms with Crippen molar-refractivity contribution in [1.29, 1.82) is 0 Å². The van der Waals surface area contributed by atoms with Crippen LogP contribution in [-0.4, -0.2) is 29.9 Å². The van der Waals surface area contributed by atoms with E-state index in [1.54, 1.807) is 13.2 Å². The van der Waals surface area contributed by atoms with E-state index in [2.05, 4.69) is 29.3 Å². The molecule has 34 heavy (non-hydrogen) atoms. The molecule has 0 saturated heterocycles. The summed E-state index contributed by atoms with van der Waals surface area (Å²) in [5.41, 5.74) is 2.53. The normalized spacial score (nSPS) is 11.0. The Morgan fingerprint density at radius 2 is 1.35 bits per heavy atom. The van der Waals surface area contributed by atoms with Gasteiger partial charge in [-0.3, -0.25) is 5.10 Å². The van der Waals surface area contributed by atoms with Crippen molar-refractivity contribution in [2.45, 2.75) is 110 Å². The van der Waals surface area contributed by atoms with E-state index in [4.69, 9.17) is 9.47 Å². The number of aromatic nitrogens is 2. The van der Waals surface area contributed by atoms with Gasteiger partial charge in [-0.05, 0) is 43.0 Å². The van der Waals surface area contributed by atoms with Crippen LogP contribution in [0.4, 0.5) is 0 Å². The zero-order chi connectivity index (χ0) is 24.3. The summed E-state index contributed by atoms with van der Waals surface area (Å²) in [5.74, 6) is 0.524. The lowest BCUT2D eigenvalue weighted by Gasteiger charge is -2.04. The SMILES string of the molecule is CCCCCCCCCCCCCCCCOC(=O)c1cc(CCc2ccc(OC)cc2)[nH]n1. The Balaban J connectivity index is 1.44. The lowest BCUT2D eigenvalue weighted by Crippen LogP contribution is -2.06. The number of aromatic amines is 1. The third-order valence-corrected chi connectivity index (χ3v) is 6.41. The van der Waals surface area contributed by atoms with E-state index in [9.17, 15) is 4.79 Å². The largest absolute Gasteiger partial charge is 0.497 e. The summed E-state index contributed by atoms with van der Waals surface area (Å²) in [5, 5.41) is 7.08. The molecule has 0 fully saturated rings. The number of carbonyl (C=O) groups excluding carboxylic acids is 1. The molecule has 0 radical (unpaired) electrons. The summed E-state index contributed by atoms with van der Waals surface area (Å²) in [7, 11) is 1.67. The highest BCUT2D eigenvalue weighted by atomic mass is 16.5. The molecule has 5 heteroatoms. The maximum atomic E-state index is 12.2. The maximum Gasteiger partial charge on any atom is 0.358 e. The molecule has 0 bridgehead atoms. The van der Waals surface area contributed by atoms with Crippen LogP contribution in [0.25, 0.3) is 0 Å². The minimum absolute atomic E-state index is 0.332. The van der Waals surface area contributed by atoms with Gasteiger partial charge in [0.05, 0.1) is 13.7 Å². The Kier molecular flexibility index (Phi) is 14.9. The van der Waals surface area contributed by atoms with Crippen LogP contribution in [0.3, 0.4) is 0 Å². The molecule has 0 atom stereocenters. The van der Waals surface area contributed by atoms with Crippen LogP contribution in [0.2, 0.25) is 0 Å². The molecule has 0 aliphatic rings. The number of methoxy groups -OCH3 is 1. The first-order valence-electron chi connectivity index (χ1n) is 13.6. The van der Waals surface area contributed by atoms with Crippen molar-refractivity contribution in [3.05, 3.63) is 47.3 Å². The van der Waals surface area contributed by atoms with Crippen molar-refractivity contribution in [2.24, 2.45) is 0 Å². The molecule has 0 aliphatic heterocycles. The summed E-state index contributed by atoms with van der Waals surface area (Å²) in [6.45, 7) is 2.75. The lowest BCUT2D eigenvalue weighted by atomic mass is 10.0. The Morgan fingerprint density at radius 1 is 0.794 bits per heavy atom. The van der Waals surface area contributed by atoms with Gasteiger partial charge >= 0.3 is 5.97 Å². The molecular formula is C29H46N2O3. The number of hydrogen-bond donors (Lipinski definition) is 1. The molecule has 1 aromatic heterocycles. The van der Waals surface area contributed by atoms with Gasteiger partial charge in [-0.2, -0.15) is 5.10 Å². The topological polar surface area (TPSA) is 64.2 Å². The standard InChI is InChI=1S/C29H46N2O3/c1-3-4-5-6-7-8-9-10-11-12-13-14-15-16-23-34-29(32)28-24-26(30-31-28)20-17-25-18-21-27(33-2)22-19-25/h18-19,21-22,24H,3-17,20,23H2,1-2H3,(H,30,31). The van der Waals surface area contributed by atoms with Crippen molar-refractivity contribution in [3.63, 3.8) is 0 Å². The minimum Gasteiger partial charge on any atom is -0.497 e. The minimum atomic E-state index is -0.332. The summed E-state index contributed by atoms with van der Waals surface area (Å²) >= 11 is 0. The first-order chi connectivity index (χ1) is 16.7. The Morgan fingerprint density at radius 3 is 1.91 bits per heavy atom. The lowest BCUT2D eigenvalue weighted by molar-refractivity contribution is 0.0490. The smallest absolute Gasteiger partial charge is 0.358 e. The maximum absolute atomic E-state index is 12.2. The first-order valence-corrected chi connectivity index (χ1v) is 13.6. The van der Waals surface area contributed by atoms with Gasteiger partial charge in [0.1, 0.15) is 5.75 Å². The highest BCUT2D eigenvalue weighted by Gasteiger charge is 2.12. The number of aryl methyl sites for hydroxylation is 2. The van der Waals surface area contributed by atoms with E-state index in [-0.39, 0.29) is 5.97 Å². The average Bonchev–Trinajstić information content (AvgIpc) is 3.34. The van der Waals surface area contributed by atoms with Crippen molar-refractivity contribution >= 4 is 5.97 Å². The van der Waals surface area contributed by atoms with Crippen molar-refractivity contribution < 1.29 is 14.3 Å². The van der Waals surface area contributed by atoms with Gasteiger partial charge < -0.3 is 9.47 Å². The van der Waals surface area contributed by atoms with Crippen LogP contribution in [0.15, 0.2) is 30.3 Å². The van der Waals surface area contributed by atoms with Crippen LogP contribution in [0.5, 0.6) is 5.75 Å². The quantitative estimate of drug-likeness (QED) is 0.158. The van der Waals surface area contributed by atoms with Gasteiger partial charge in [0.2, 0.25) is 0 Å². The molecule has 0 unspecified atom stereocenters. The molecule has 1 heterocycles. The number of esters is 1. The van der Waals surface area contributed by atoms with Crippen LogP contribution in [0.1, 0.15) is 119 Å². The van der Waals surface area contributed by atoms with Crippen LogP contribution >= 0.6 is 0 Å². The number of carbonyl (C=O) groups is 1. The number of ether oxygens (including phenoxy) is 2. The summed E-state index contributed by atoms with van der Waals surface area (Å²) in [6, 6.07) is 9.84. The molecule has 0 amide bonds. The molecule has 0 spiro atoms. The highest BCUT2D eigenvalue weighted by Crippen LogP contribution is 2.15. The second kappa shape index (κ2) is 18.1. The molecule has 0 aliphatic carbocycles. The first kappa shape index (κ1) is 27.9. The highest BCUT2D eigenvalue weighted by molar-refractivity contribution is 5.87. The van der Waals surface area contributed by atoms with Crippen LogP contribution in [-0.2, 0) is 17.6 Å². The second-order valence-electron chi connectivity index (χ2n) is 9.36. The van der Waals surface area contributed by atoms with Crippen molar-refractivity contribution in [3.8, 4) is 5.75 Å². The number of H-pyrrole nitrogens is 1. The Hall–Kier alpha value is -2.30. The van der Waals surface area contributed by atoms with Gasteiger partial charge in [-0.25, -0.2) is 4.79 Å². The summed E-state index contributed by atoms with van der Waals surface area (Å²) < 4.78 is 10.6. The number of nitrogens with one attached hydrogen (secondary N) is 1. The number of nitrogens with zero attached hydrogens (tertiary/aromatic N) is 1.